The third-order valence-electron chi connectivity index (χ3n) is 1.92. The van der Waals surface area contributed by atoms with Crippen LogP contribution in [0.5, 0.6) is 0 Å². The number of methoxy groups -OCH3 is 1. The quantitative estimate of drug-likeness (QED) is 0.658. The van der Waals surface area contributed by atoms with Crippen LogP contribution < -0.4 is 5.32 Å². The van der Waals surface area contributed by atoms with Crippen LogP contribution in [0.1, 0.15) is 27.7 Å². The lowest BCUT2D eigenvalue weighted by atomic mass is 10.1. The first kappa shape index (κ1) is 10.9. The summed E-state index contributed by atoms with van der Waals surface area (Å²) in [5.74, 6) is 0.710. The summed E-state index contributed by atoms with van der Waals surface area (Å²) in [7, 11) is 1.75. The van der Waals surface area contributed by atoms with Crippen LogP contribution in [-0.2, 0) is 4.74 Å². The number of rotatable bonds is 5. The molecule has 0 heterocycles. The van der Waals surface area contributed by atoms with Gasteiger partial charge in [-0.15, -0.1) is 0 Å². The molecule has 0 saturated heterocycles. The van der Waals surface area contributed by atoms with Crippen LogP contribution in [0, 0.1) is 5.92 Å². The van der Waals surface area contributed by atoms with E-state index >= 15 is 0 Å². The molecule has 0 bridgehead atoms. The van der Waals surface area contributed by atoms with Crippen molar-refractivity contribution in [2.24, 2.45) is 5.92 Å². The third-order valence-corrected chi connectivity index (χ3v) is 1.92. The molecular formula is C9H21NO. The first-order valence-corrected chi connectivity index (χ1v) is 4.34. The Kier molecular flexibility index (Phi) is 5.51. The predicted octanol–water partition coefficient (Wildman–Crippen LogP) is 1.66. The second-order valence-electron chi connectivity index (χ2n) is 3.53. The van der Waals surface area contributed by atoms with E-state index in [1.165, 1.54) is 0 Å². The van der Waals surface area contributed by atoms with E-state index in [1.54, 1.807) is 7.11 Å². The van der Waals surface area contributed by atoms with Crippen LogP contribution in [0.2, 0.25) is 0 Å². The smallest absolute Gasteiger partial charge is 0.0693 e. The zero-order valence-electron chi connectivity index (χ0n) is 8.35. The number of hydrogen-bond acceptors (Lipinski definition) is 2. The number of hydrogen-bond donors (Lipinski definition) is 1. The average Bonchev–Trinajstić information content (AvgIpc) is 1.98. The van der Waals surface area contributed by atoms with Gasteiger partial charge in [0.1, 0.15) is 0 Å². The molecule has 0 aliphatic rings. The SMILES string of the molecule is CO[C@H](C)[C@@H](C)NCC(C)C. The van der Waals surface area contributed by atoms with E-state index in [0.29, 0.717) is 18.1 Å². The van der Waals surface area contributed by atoms with Crippen LogP contribution in [0.15, 0.2) is 0 Å². The summed E-state index contributed by atoms with van der Waals surface area (Å²) in [5.41, 5.74) is 0. The van der Waals surface area contributed by atoms with E-state index in [0.717, 1.165) is 6.54 Å². The molecule has 11 heavy (non-hydrogen) atoms. The minimum absolute atomic E-state index is 0.300. The molecule has 2 nitrogen and oxygen atoms in total. The maximum absolute atomic E-state index is 5.18. The molecule has 0 aromatic heterocycles. The Labute approximate surface area is 70.3 Å². The van der Waals surface area contributed by atoms with Crippen molar-refractivity contribution in [3.05, 3.63) is 0 Å². The van der Waals surface area contributed by atoms with Gasteiger partial charge in [0.05, 0.1) is 6.10 Å². The molecule has 2 heteroatoms. The van der Waals surface area contributed by atoms with Gasteiger partial charge < -0.3 is 10.1 Å². The Morgan fingerprint density at radius 1 is 1.18 bits per heavy atom. The van der Waals surface area contributed by atoms with E-state index < -0.39 is 0 Å². The van der Waals surface area contributed by atoms with Gasteiger partial charge in [-0.05, 0) is 26.3 Å². The van der Waals surface area contributed by atoms with E-state index in [-0.39, 0.29) is 0 Å². The Morgan fingerprint density at radius 3 is 2.09 bits per heavy atom. The van der Waals surface area contributed by atoms with Crippen molar-refractivity contribution in [2.75, 3.05) is 13.7 Å². The van der Waals surface area contributed by atoms with Gasteiger partial charge in [-0.25, -0.2) is 0 Å². The lowest BCUT2D eigenvalue weighted by Crippen LogP contribution is -2.38. The molecule has 0 rings (SSSR count). The van der Waals surface area contributed by atoms with Crippen LogP contribution >= 0.6 is 0 Å². The van der Waals surface area contributed by atoms with Crippen molar-refractivity contribution in [3.8, 4) is 0 Å². The molecular weight excluding hydrogens is 138 g/mol. The first-order valence-electron chi connectivity index (χ1n) is 4.34. The van der Waals surface area contributed by atoms with E-state index in [9.17, 15) is 0 Å². The summed E-state index contributed by atoms with van der Waals surface area (Å²) < 4.78 is 5.18. The van der Waals surface area contributed by atoms with Gasteiger partial charge in [-0.2, -0.15) is 0 Å². The molecule has 0 saturated carbocycles. The molecule has 0 aromatic rings. The zero-order chi connectivity index (χ0) is 8.85. The minimum atomic E-state index is 0.300. The summed E-state index contributed by atoms with van der Waals surface area (Å²) in [4.78, 5) is 0. The molecule has 68 valence electrons. The highest BCUT2D eigenvalue weighted by atomic mass is 16.5. The van der Waals surface area contributed by atoms with Crippen LogP contribution in [0.3, 0.4) is 0 Å². The average molecular weight is 159 g/mol. The van der Waals surface area contributed by atoms with Crippen molar-refractivity contribution in [1.29, 1.82) is 0 Å². The van der Waals surface area contributed by atoms with Gasteiger partial charge in [0.15, 0.2) is 0 Å². The largest absolute Gasteiger partial charge is 0.380 e. The molecule has 2 atom stereocenters. The molecule has 0 aliphatic heterocycles. The summed E-state index contributed by atoms with van der Waals surface area (Å²) in [6.07, 6.45) is 0.300. The highest BCUT2D eigenvalue weighted by Crippen LogP contribution is 1.97. The second-order valence-corrected chi connectivity index (χ2v) is 3.53. The monoisotopic (exact) mass is 159 g/mol. The van der Waals surface area contributed by atoms with Crippen molar-refractivity contribution in [2.45, 2.75) is 39.8 Å². The highest BCUT2D eigenvalue weighted by molar-refractivity contribution is 4.68. The van der Waals surface area contributed by atoms with Gasteiger partial charge in [0.2, 0.25) is 0 Å². The molecule has 0 fully saturated rings. The number of nitrogens with one attached hydrogen (secondary N) is 1. The van der Waals surface area contributed by atoms with Gasteiger partial charge in [-0.3, -0.25) is 0 Å². The minimum Gasteiger partial charge on any atom is -0.380 e. The first-order chi connectivity index (χ1) is 5.07. The van der Waals surface area contributed by atoms with Gasteiger partial charge in [0, 0.05) is 13.2 Å². The van der Waals surface area contributed by atoms with Crippen molar-refractivity contribution >= 4 is 0 Å². The molecule has 0 aromatic carbocycles. The topological polar surface area (TPSA) is 21.3 Å². The van der Waals surface area contributed by atoms with Crippen molar-refractivity contribution in [3.63, 3.8) is 0 Å². The summed E-state index contributed by atoms with van der Waals surface area (Å²) >= 11 is 0. The summed E-state index contributed by atoms with van der Waals surface area (Å²) in [5, 5.41) is 3.41. The fourth-order valence-corrected chi connectivity index (χ4v) is 0.792. The second kappa shape index (κ2) is 5.56. The van der Waals surface area contributed by atoms with Crippen LogP contribution in [-0.4, -0.2) is 25.8 Å². The van der Waals surface area contributed by atoms with E-state index in [2.05, 4.69) is 33.0 Å². The molecule has 0 unspecified atom stereocenters. The highest BCUT2D eigenvalue weighted by Gasteiger charge is 2.09. The predicted molar refractivity (Wildman–Crippen MR) is 48.8 cm³/mol. The summed E-state index contributed by atoms with van der Waals surface area (Å²) in [6.45, 7) is 9.71. The van der Waals surface area contributed by atoms with Gasteiger partial charge in [-0.1, -0.05) is 13.8 Å². The third kappa shape index (κ3) is 5.22. The van der Waals surface area contributed by atoms with Gasteiger partial charge in [0.25, 0.3) is 0 Å². The Balaban J connectivity index is 3.43. The van der Waals surface area contributed by atoms with E-state index in [4.69, 9.17) is 4.74 Å². The normalized spacial score (nSPS) is 16.9. The lowest BCUT2D eigenvalue weighted by molar-refractivity contribution is 0.0878. The van der Waals surface area contributed by atoms with E-state index in [1.807, 2.05) is 0 Å². The van der Waals surface area contributed by atoms with Crippen LogP contribution in [0.25, 0.3) is 0 Å². The molecule has 0 radical (unpaired) electrons. The zero-order valence-corrected chi connectivity index (χ0v) is 8.35. The molecule has 1 N–H and O–H groups in total. The van der Waals surface area contributed by atoms with Crippen LogP contribution in [0.4, 0.5) is 0 Å². The Hall–Kier alpha value is -0.0800. The molecule has 0 spiro atoms. The fourth-order valence-electron chi connectivity index (χ4n) is 0.792. The lowest BCUT2D eigenvalue weighted by Gasteiger charge is -2.20. The fraction of sp³-hybridized carbons (Fsp3) is 1.00. The molecule has 0 aliphatic carbocycles. The van der Waals surface area contributed by atoms with Crippen molar-refractivity contribution in [1.82, 2.24) is 5.32 Å². The Bertz CT molecular complexity index is 93.6. The molecule has 0 amide bonds. The number of ether oxygens (including phenoxy) is 1. The van der Waals surface area contributed by atoms with Crippen molar-refractivity contribution < 1.29 is 4.74 Å². The Morgan fingerprint density at radius 2 is 1.73 bits per heavy atom. The maximum Gasteiger partial charge on any atom is 0.0693 e. The summed E-state index contributed by atoms with van der Waals surface area (Å²) in [6, 6.07) is 0.447. The van der Waals surface area contributed by atoms with Gasteiger partial charge >= 0.3 is 0 Å². The standard InChI is InChI=1S/C9H21NO/c1-7(2)6-10-8(3)9(4)11-5/h7-10H,6H2,1-5H3/t8-,9-/m1/s1. The maximum atomic E-state index is 5.18.